The maximum absolute atomic E-state index is 12.0. The number of aliphatic hydroxyl groups is 1. The molecule has 1 aliphatic heterocycles. The Morgan fingerprint density at radius 1 is 1.47 bits per heavy atom. The smallest absolute Gasteiger partial charge is 0.223 e. The van der Waals surface area contributed by atoms with E-state index in [1.807, 2.05) is 30.3 Å². The highest BCUT2D eigenvalue weighted by Crippen LogP contribution is 2.19. The summed E-state index contributed by atoms with van der Waals surface area (Å²) in [6.07, 6.45) is 1.74. The first-order valence-electron chi connectivity index (χ1n) is 6.81. The van der Waals surface area contributed by atoms with Crippen molar-refractivity contribution < 1.29 is 14.6 Å². The topological polar surface area (TPSA) is 58.6 Å². The molecule has 1 amide bonds. The van der Waals surface area contributed by atoms with Crippen LogP contribution in [0.15, 0.2) is 30.3 Å². The molecular formula is C15H21NO3. The van der Waals surface area contributed by atoms with Crippen molar-refractivity contribution in [3.8, 4) is 0 Å². The van der Waals surface area contributed by atoms with E-state index < -0.39 is 6.10 Å². The number of hydrogen-bond donors (Lipinski definition) is 2. The fraction of sp³-hybridized carbons (Fsp3) is 0.533. The van der Waals surface area contributed by atoms with Crippen molar-refractivity contribution in [2.24, 2.45) is 0 Å². The van der Waals surface area contributed by atoms with E-state index >= 15 is 0 Å². The molecule has 4 nitrogen and oxygen atoms in total. The van der Waals surface area contributed by atoms with Crippen LogP contribution in [0, 0.1) is 0 Å². The normalized spacial score (nSPS) is 21.9. The number of hydrogen-bond acceptors (Lipinski definition) is 3. The zero-order valence-electron chi connectivity index (χ0n) is 11.2. The molecule has 1 fully saturated rings. The molecule has 0 spiro atoms. The molecule has 0 saturated carbocycles. The molecule has 1 saturated heterocycles. The summed E-state index contributed by atoms with van der Waals surface area (Å²) in [7, 11) is 0. The first-order chi connectivity index (χ1) is 9.16. The van der Waals surface area contributed by atoms with E-state index in [-0.39, 0.29) is 18.1 Å². The van der Waals surface area contributed by atoms with Gasteiger partial charge in [0.05, 0.1) is 24.7 Å². The van der Waals surface area contributed by atoms with Gasteiger partial charge < -0.3 is 15.2 Å². The summed E-state index contributed by atoms with van der Waals surface area (Å²) >= 11 is 0. The monoisotopic (exact) mass is 263 g/mol. The molecular weight excluding hydrogens is 242 g/mol. The molecule has 1 heterocycles. The minimum atomic E-state index is -0.629. The Labute approximate surface area is 113 Å². The largest absolute Gasteiger partial charge is 0.391 e. The van der Waals surface area contributed by atoms with Crippen molar-refractivity contribution in [1.82, 2.24) is 5.32 Å². The van der Waals surface area contributed by atoms with Gasteiger partial charge in [-0.15, -0.1) is 0 Å². The fourth-order valence-corrected chi connectivity index (χ4v) is 2.39. The average Bonchev–Trinajstić information content (AvgIpc) is 2.89. The minimum absolute atomic E-state index is 0.0328. The highest BCUT2D eigenvalue weighted by molar-refractivity contribution is 5.77. The van der Waals surface area contributed by atoms with Gasteiger partial charge in [0.15, 0.2) is 0 Å². The summed E-state index contributed by atoms with van der Waals surface area (Å²) in [4.78, 5) is 12.0. The maximum Gasteiger partial charge on any atom is 0.223 e. The molecule has 104 valence electrons. The molecule has 2 N–H and O–H groups in total. The molecule has 1 aromatic carbocycles. The molecule has 2 rings (SSSR count). The number of nitrogens with one attached hydrogen (secondary N) is 1. The van der Waals surface area contributed by atoms with Gasteiger partial charge in [0.1, 0.15) is 0 Å². The van der Waals surface area contributed by atoms with Gasteiger partial charge in [-0.3, -0.25) is 4.79 Å². The van der Waals surface area contributed by atoms with Crippen LogP contribution in [-0.4, -0.2) is 29.8 Å². The van der Waals surface area contributed by atoms with E-state index in [4.69, 9.17) is 4.74 Å². The Morgan fingerprint density at radius 3 is 2.79 bits per heavy atom. The summed E-state index contributed by atoms with van der Waals surface area (Å²) in [5, 5.41) is 12.7. The standard InChI is InChI=1S/C15H21NO3/c1-11(17)15(12-6-3-2-4-7-12)16-14(18)10-13-8-5-9-19-13/h2-4,6-7,11,13,15,17H,5,8-10H2,1H3,(H,16,18)/t11?,13?,15-/m0/s1. The Hall–Kier alpha value is -1.39. The molecule has 0 radical (unpaired) electrons. The minimum Gasteiger partial charge on any atom is -0.391 e. The molecule has 1 aromatic rings. The third-order valence-corrected chi connectivity index (χ3v) is 3.39. The van der Waals surface area contributed by atoms with Crippen molar-refractivity contribution in [1.29, 1.82) is 0 Å². The number of amides is 1. The first-order valence-corrected chi connectivity index (χ1v) is 6.81. The summed E-state index contributed by atoms with van der Waals surface area (Å²) in [5.74, 6) is -0.0679. The van der Waals surface area contributed by atoms with E-state index in [1.54, 1.807) is 6.92 Å². The second-order valence-corrected chi connectivity index (χ2v) is 5.04. The van der Waals surface area contributed by atoms with Crippen LogP contribution in [0.2, 0.25) is 0 Å². The molecule has 1 aliphatic rings. The highest BCUT2D eigenvalue weighted by atomic mass is 16.5. The molecule has 3 atom stereocenters. The van der Waals surface area contributed by atoms with Crippen LogP contribution < -0.4 is 5.32 Å². The molecule has 19 heavy (non-hydrogen) atoms. The molecule has 0 aliphatic carbocycles. The van der Waals surface area contributed by atoms with E-state index in [9.17, 15) is 9.90 Å². The zero-order chi connectivity index (χ0) is 13.7. The predicted molar refractivity (Wildman–Crippen MR) is 72.6 cm³/mol. The van der Waals surface area contributed by atoms with Crippen molar-refractivity contribution >= 4 is 5.91 Å². The summed E-state index contributed by atoms with van der Waals surface area (Å²) in [5.41, 5.74) is 0.915. The third kappa shape index (κ3) is 4.04. The van der Waals surface area contributed by atoms with Gasteiger partial charge in [0.2, 0.25) is 5.91 Å². The summed E-state index contributed by atoms with van der Waals surface area (Å²) < 4.78 is 5.45. The number of aliphatic hydroxyl groups excluding tert-OH is 1. The second-order valence-electron chi connectivity index (χ2n) is 5.04. The Balaban J connectivity index is 1.95. The average molecular weight is 263 g/mol. The highest BCUT2D eigenvalue weighted by Gasteiger charge is 2.23. The van der Waals surface area contributed by atoms with Crippen LogP contribution in [0.1, 0.15) is 37.8 Å². The van der Waals surface area contributed by atoms with Gasteiger partial charge in [-0.05, 0) is 25.3 Å². The van der Waals surface area contributed by atoms with E-state index in [1.165, 1.54) is 0 Å². The van der Waals surface area contributed by atoms with Crippen molar-refractivity contribution in [2.45, 2.75) is 44.4 Å². The van der Waals surface area contributed by atoms with Crippen molar-refractivity contribution in [3.63, 3.8) is 0 Å². The van der Waals surface area contributed by atoms with Crippen molar-refractivity contribution in [3.05, 3.63) is 35.9 Å². The van der Waals surface area contributed by atoms with Crippen LogP contribution >= 0.6 is 0 Å². The number of benzene rings is 1. The molecule has 2 unspecified atom stereocenters. The van der Waals surface area contributed by atoms with Gasteiger partial charge in [0.25, 0.3) is 0 Å². The quantitative estimate of drug-likeness (QED) is 0.851. The predicted octanol–water partition coefficient (Wildman–Crippen LogP) is 1.79. The summed E-state index contributed by atoms with van der Waals surface area (Å²) in [6.45, 7) is 2.43. The number of rotatable bonds is 5. The van der Waals surface area contributed by atoms with Crippen LogP contribution in [0.4, 0.5) is 0 Å². The zero-order valence-corrected chi connectivity index (χ0v) is 11.2. The third-order valence-electron chi connectivity index (χ3n) is 3.39. The Morgan fingerprint density at radius 2 is 2.21 bits per heavy atom. The van der Waals surface area contributed by atoms with Gasteiger partial charge in [-0.1, -0.05) is 30.3 Å². The Bertz CT molecular complexity index is 399. The first kappa shape index (κ1) is 14.0. The lowest BCUT2D eigenvalue weighted by Gasteiger charge is -2.22. The van der Waals surface area contributed by atoms with Gasteiger partial charge in [0, 0.05) is 6.61 Å². The van der Waals surface area contributed by atoms with Crippen LogP contribution in [-0.2, 0) is 9.53 Å². The van der Waals surface area contributed by atoms with Gasteiger partial charge >= 0.3 is 0 Å². The number of carbonyl (C=O) groups is 1. The molecule has 4 heteroatoms. The lowest BCUT2D eigenvalue weighted by Crippen LogP contribution is -2.36. The second kappa shape index (κ2) is 6.68. The molecule has 0 bridgehead atoms. The Kier molecular flexibility index (Phi) is 4.93. The summed E-state index contributed by atoms with van der Waals surface area (Å²) in [6, 6.07) is 9.16. The SMILES string of the molecule is CC(O)[C@H](NC(=O)CC1CCCO1)c1ccccc1. The van der Waals surface area contributed by atoms with E-state index in [0.717, 1.165) is 25.0 Å². The molecule has 0 aromatic heterocycles. The van der Waals surface area contributed by atoms with Gasteiger partial charge in [-0.25, -0.2) is 0 Å². The number of carbonyl (C=O) groups excluding carboxylic acids is 1. The fourth-order valence-electron chi connectivity index (χ4n) is 2.39. The van der Waals surface area contributed by atoms with Crippen LogP contribution in [0.5, 0.6) is 0 Å². The maximum atomic E-state index is 12.0. The lowest BCUT2D eigenvalue weighted by atomic mass is 10.0. The van der Waals surface area contributed by atoms with Crippen LogP contribution in [0.3, 0.4) is 0 Å². The van der Waals surface area contributed by atoms with E-state index in [2.05, 4.69) is 5.32 Å². The number of ether oxygens (including phenoxy) is 1. The van der Waals surface area contributed by atoms with Crippen LogP contribution in [0.25, 0.3) is 0 Å². The van der Waals surface area contributed by atoms with E-state index in [0.29, 0.717) is 6.42 Å². The van der Waals surface area contributed by atoms with Gasteiger partial charge in [-0.2, -0.15) is 0 Å². The lowest BCUT2D eigenvalue weighted by molar-refractivity contribution is -0.124. The van der Waals surface area contributed by atoms with Crippen molar-refractivity contribution in [2.75, 3.05) is 6.61 Å².